The maximum atomic E-state index is 13.6. The molecular formula is C19H25FIN3O3. The molecule has 0 aliphatic carbocycles. The second kappa shape index (κ2) is 11.5. The van der Waals surface area contributed by atoms with Crippen LogP contribution < -0.4 is 20.1 Å². The van der Waals surface area contributed by atoms with Crippen LogP contribution >= 0.6 is 24.0 Å². The minimum Gasteiger partial charge on any atom is -0.508 e. The maximum absolute atomic E-state index is 13.6. The number of methoxy groups -OCH3 is 1. The number of nitrogens with zero attached hydrogens (tertiary/aromatic N) is 1. The number of hydrogen-bond donors (Lipinski definition) is 3. The summed E-state index contributed by atoms with van der Waals surface area (Å²) in [6.07, 6.45) is -0.268. The predicted molar refractivity (Wildman–Crippen MR) is 115 cm³/mol. The van der Waals surface area contributed by atoms with Crippen molar-refractivity contribution < 1.29 is 19.0 Å². The molecule has 1 unspecified atom stereocenters. The fourth-order valence-electron chi connectivity index (χ4n) is 2.27. The topological polar surface area (TPSA) is 75.1 Å². The van der Waals surface area contributed by atoms with Crippen molar-refractivity contribution in [3.63, 3.8) is 0 Å². The summed E-state index contributed by atoms with van der Waals surface area (Å²) >= 11 is 0. The van der Waals surface area contributed by atoms with Gasteiger partial charge in [-0.25, -0.2) is 4.39 Å². The van der Waals surface area contributed by atoms with Crippen molar-refractivity contribution in [2.24, 2.45) is 4.99 Å². The van der Waals surface area contributed by atoms with E-state index in [2.05, 4.69) is 15.6 Å². The fourth-order valence-corrected chi connectivity index (χ4v) is 2.27. The van der Waals surface area contributed by atoms with Gasteiger partial charge >= 0.3 is 0 Å². The third-order valence-corrected chi connectivity index (χ3v) is 3.68. The zero-order chi connectivity index (χ0) is 18.9. The van der Waals surface area contributed by atoms with Gasteiger partial charge in [0, 0.05) is 19.2 Å². The van der Waals surface area contributed by atoms with Crippen LogP contribution in [0.15, 0.2) is 47.5 Å². The van der Waals surface area contributed by atoms with Crippen LogP contribution in [0.2, 0.25) is 0 Å². The summed E-state index contributed by atoms with van der Waals surface area (Å²) in [7, 11) is 3.21. The molecular weight excluding hydrogens is 464 g/mol. The fraction of sp³-hybridized carbons (Fsp3) is 0.316. The third kappa shape index (κ3) is 7.12. The van der Waals surface area contributed by atoms with E-state index in [9.17, 15) is 9.50 Å². The van der Waals surface area contributed by atoms with Crippen molar-refractivity contribution >= 4 is 29.9 Å². The van der Waals surface area contributed by atoms with E-state index in [1.54, 1.807) is 50.6 Å². The summed E-state index contributed by atoms with van der Waals surface area (Å²) in [4.78, 5) is 4.12. The number of hydrogen-bond acceptors (Lipinski definition) is 4. The average molecular weight is 489 g/mol. The van der Waals surface area contributed by atoms with Crippen LogP contribution in [-0.2, 0) is 6.54 Å². The van der Waals surface area contributed by atoms with Crippen molar-refractivity contribution in [1.82, 2.24) is 10.6 Å². The number of guanidine groups is 1. The van der Waals surface area contributed by atoms with E-state index < -0.39 is 5.82 Å². The number of nitrogens with one attached hydrogen (secondary N) is 2. The Kier molecular flexibility index (Phi) is 9.70. The molecule has 0 spiro atoms. The van der Waals surface area contributed by atoms with Gasteiger partial charge in [0.1, 0.15) is 17.6 Å². The predicted octanol–water partition coefficient (Wildman–Crippen LogP) is 3.29. The van der Waals surface area contributed by atoms with Crippen molar-refractivity contribution in [3.05, 3.63) is 53.8 Å². The molecule has 1 atom stereocenters. The number of aliphatic imine (C=N–C) groups is 1. The molecule has 0 aromatic heterocycles. The summed E-state index contributed by atoms with van der Waals surface area (Å²) < 4.78 is 24.3. The van der Waals surface area contributed by atoms with Crippen LogP contribution in [-0.4, -0.2) is 37.9 Å². The van der Waals surface area contributed by atoms with Crippen LogP contribution in [0.3, 0.4) is 0 Å². The third-order valence-electron chi connectivity index (χ3n) is 3.68. The Hall–Kier alpha value is -2.23. The monoisotopic (exact) mass is 489 g/mol. The summed E-state index contributed by atoms with van der Waals surface area (Å²) in [5.41, 5.74) is 0.683. The number of rotatable bonds is 7. The Morgan fingerprint density at radius 3 is 2.63 bits per heavy atom. The van der Waals surface area contributed by atoms with E-state index in [0.29, 0.717) is 30.4 Å². The second-order valence-electron chi connectivity index (χ2n) is 5.66. The van der Waals surface area contributed by atoms with Crippen LogP contribution in [0, 0.1) is 5.82 Å². The van der Waals surface area contributed by atoms with E-state index >= 15 is 0 Å². The molecule has 0 saturated heterocycles. The first kappa shape index (κ1) is 22.8. The summed E-state index contributed by atoms with van der Waals surface area (Å²) in [6.45, 7) is 2.63. The SMILES string of the molecule is CN=C(NCc1cc(OC)ccc1O)NCC(C)Oc1ccccc1F.I. The minimum absolute atomic E-state index is 0. The van der Waals surface area contributed by atoms with Gasteiger partial charge in [-0.15, -0.1) is 24.0 Å². The van der Waals surface area contributed by atoms with Gasteiger partial charge in [-0.1, -0.05) is 12.1 Å². The van der Waals surface area contributed by atoms with E-state index in [4.69, 9.17) is 9.47 Å². The van der Waals surface area contributed by atoms with Gasteiger partial charge in [-0.2, -0.15) is 0 Å². The highest BCUT2D eigenvalue weighted by Gasteiger charge is 2.09. The molecule has 6 nitrogen and oxygen atoms in total. The molecule has 0 heterocycles. The van der Waals surface area contributed by atoms with Gasteiger partial charge in [0.2, 0.25) is 0 Å². The maximum Gasteiger partial charge on any atom is 0.191 e. The highest BCUT2D eigenvalue weighted by atomic mass is 127. The minimum atomic E-state index is -0.393. The number of ether oxygens (including phenoxy) is 2. The molecule has 2 rings (SSSR count). The molecule has 27 heavy (non-hydrogen) atoms. The number of aromatic hydroxyl groups is 1. The largest absolute Gasteiger partial charge is 0.508 e. The van der Waals surface area contributed by atoms with Crippen molar-refractivity contribution in [2.75, 3.05) is 20.7 Å². The van der Waals surface area contributed by atoms with Gasteiger partial charge < -0.3 is 25.2 Å². The lowest BCUT2D eigenvalue weighted by molar-refractivity contribution is 0.214. The lowest BCUT2D eigenvalue weighted by Gasteiger charge is -2.18. The number of phenols is 1. The van der Waals surface area contributed by atoms with Gasteiger partial charge in [0.25, 0.3) is 0 Å². The average Bonchev–Trinajstić information content (AvgIpc) is 2.65. The molecule has 0 aliphatic heterocycles. The van der Waals surface area contributed by atoms with Gasteiger partial charge in [-0.05, 0) is 37.3 Å². The van der Waals surface area contributed by atoms with Crippen LogP contribution in [0.5, 0.6) is 17.2 Å². The molecule has 0 aliphatic rings. The lowest BCUT2D eigenvalue weighted by Crippen LogP contribution is -2.41. The summed E-state index contributed by atoms with van der Waals surface area (Å²) in [5.74, 6) is 1.19. The van der Waals surface area contributed by atoms with E-state index in [1.165, 1.54) is 6.07 Å². The Bertz CT molecular complexity index is 759. The smallest absolute Gasteiger partial charge is 0.191 e. The first-order valence-corrected chi connectivity index (χ1v) is 8.25. The quantitative estimate of drug-likeness (QED) is 0.316. The number of halogens is 2. The molecule has 2 aromatic rings. The summed E-state index contributed by atoms with van der Waals surface area (Å²) in [5, 5.41) is 16.1. The van der Waals surface area contributed by atoms with Crippen LogP contribution in [0.25, 0.3) is 0 Å². The Balaban J connectivity index is 0.00000364. The first-order valence-electron chi connectivity index (χ1n) is 8.25. The standard InChI is InChI=1S/C19H24FN3O3.HI/c1-13(26-18-7-5-4-6-16(18)20)11-22-19(21-2)23-12-14-10-15(25-3)8-9-17(14)24;/h4-10,13,24H,11-12H2,1-3H3,(H2,21,22,23);1H. The second-order valence-corrected chi connectivity index (χ2v) is 5.66. The van der Waals surface area contributed by atoms with E-state index in [1.807, 2.05) is 6.92 Å². The van der Waals surface area contributed by atoms with Gasteiger partial charge in [0.05, 0.1) is 13.7 Å². The first-order chi connectivity index (χ1) is 12.5. The number of phenolic OH excluding ortho intramolecular Hbond substituents is 1. The highest BCUT2D eigenvalue weighted by molar-refractivity contribution is 14.0. The molecule has 0 bridgehead atoms. The lowest BCUT2D eigenvalue weighted by atomic mass is 10.2. The zero-order valence-electron chi connectivity index (χ0n) is 15.5. The molecule has 3 N–H and O–H groups in total. The molecule has 148 valence electrons. The Morgan fingerprint density at radius 2 is 1.96 bits per heavy atom. The van der Waals surface area contributed by atoms with Gasteiger partial charge in [-0.3, -0.25) is 4.99 Å². The van der Waals surface area contributed by atoms with Crippen LogP contribution in [0.1, 0.15) is 12.5 Å². The highest BCUT2D eigenvalue weighted by Crippen LogP contribution is 2.22. The molecule has 0 fully saturated rings. The molecule has 2 aromatic carbocycles. The normalized spacial score (nSPS) is 11.9. The van der Waals surface area contributed by atoms with Gasteiger partial charge in [0.15, 0.2) is 17.5 Å². The zero-order valence-corrected chi connectivity index (χ0v) is 17.9. The van der Waals surface area contributed by atoms with Crippen molar-refractivity contribution in [1.29, 1.82) is 0 Å². The Labute approximate surface area is 175 Å². The van der Waals surface area contributed by atoms with E-state index in [-0.39, 0.29) is 41.6 Å². The molecule has 0 saturated carbocycles. The number of benzene rings is 2. The number of para-hydroxylation sites is 1. The molecule has 0 amide bonds. The summed E-state index contributed by atoms with van der Waals surface area (Å²) in [6, 6.07) is 11.3. The molecule has 0 radical (unpaired) electrons. The van der Waals surface area contributed by atoms with Crippen molar-refractivity contribution in [3.8, 4) is 17.2 Å². The van der Waals surface area contributed by atoms with E-state index in [0.717, 1.165) is 0 Å². The van der Waals surface area contributed by atoms with Crippen LogP contribution in [0.4, 0.5) is 4.39 Å². The Morgan fingerprint density at radius 1 is 1.22 bits per heavy atom. The molecule has 8 heteroatoms. The van der Waals surface area contributed by atoms with Crippen molar-refractivity contribution in [2.45, 2.75) is 19.6 Å².